The van der Waals surface area contributed by atoms with E-state index in [2.05, 4.69) is 37.8 Å². The largest absolute Gasteiger partial charge is 0.335 e. The predicted molar refractivity (Wildman–Crippen MR) is 101 cm³/mol. The second kappa shape index (κ2) is 7.35. The van der Waals surface area contributed by atoms with E-state index in [0.29, 0.717) is 30.5 Å². The minimum absolute atomic E-state index is 0.0758. The average Bonchev–Trinajstić information content (AvgIpc) is 3.01. The Morgan fingerprint density at radius 1 is 1.31 bits per heavy atom. The van der Waals surface area contributed by atoms with Crippen LogP contribution in [0.2, 0.25) is 0 Å². The van der Waals surface area contributed by atoms with Crippen LogP contribution >= 0.6 is 0 Å². The van der Waals surface area contributed by atoms with E-state index in [4.69, 9.17) is 0 Å². The van der Waals surface area contributed by atoms with E-state index in [-0.39, 0.29) is 23.9 Å². The number of carbonyl (C=O) groups is 2. The molecule has 0 aromatic carbocycles. The molecule has 0 radical (unpaired) electrons. The predicted octanol–water partition coefficient (Wildman–Crippen LogP) is 1.79. The number of aromatic nitrogens is 1. The quantitative estimate of drug-likeness (QED) is 0.823. The van der Waals surface area contributed by atoms with Crippen LogP contribution in [0, 0.1) is 12.8 Å². The van der Waals surface area contributed by atoms with Crippen molar-refractivity contribution in [2.75, 3.05) is 27.2 Å². The fourth-order valence-electron chi connectivity index (χ4n) is 4.12. The minimum atomic E-state index is -0.375. The number of hydrogen-bond donors (Lipinski definition) is 0. The van der Waals surface area contributed by atoms with E-state index in [1.54, 1.807) is 17.3 Å². The summed E-state index contributed by atoms with van der Waals surface area (Å²) in [6.45, 7) is 7.50. The number of rotatable bonds is 4. The molecule has 6 heteroatoms. The molecule has 2 amide bonds. The monoisotopic (exact) mass is 358 g/mol. The first-order valence-corrected chi connectivity index (χ1v) is 9.47. The maximum atomic E-state index is 13.2. The van der Waals surface area contributed by atoms with Crippen LogP contribution in [0.15, 0.2) is 18.5 Å². The molecule has 26 heavy (non-hydrogen) atoms. The van der Waals surface area contributed by atoms with Crippen molar-refractivity contribution in [3.63, 3.8) is 0 Å². The third-order valence-electron chi connectivity index (χ3n) is 5.55. The SMILES string of the molecule is Cc1cncc(C(=O)N2C[C@@H]3C[C@H](N(C)C)CN3C(=O)[C@@H]2CC(C)C)c1. The van der Waals surface area contributed by atoms with Gasteiger partial charge in [-0.1, -0.05) is 13.8 Å². The van der Waals surface area contributed by atoms with Crippen molar-refractivity contribution < 1.29 is 9.59 Å². The second-order valence-electron chi connectivity index (χ2n) is 8.35. The molecule has 3 heterocycles. The summed E-state index contributed by atoms with van der Waals surface area (Å²) in [5, 5.41) is 0. The van der Waals surface area contributed by atoms with Gasteiger partial charge in [0, 0.05) is 31.5 Å². The number of carbonyl (C=O) groups excluding carboxylic acids is 2. The van der Waals surface area contributed by atoms with Gasteiger partial charge in [0.2, 0.25) is 5.91 Å². The summed E-state index contributed by atoms with van der Waals surface area (Å²) in [7, 11) is 4.11. The van der Waals surface area contributed by atoms with Gasteiger partial charge in [-0.3, -0.25) is 14.6 Å². The first kappa shape index (κ1) is 18.8. The van der Waals surface area contributed by atoms with Crippen LogP contribution in [-0.4, -0.2) is 76.8 Å². The van der Waals surface area contributed by atoms with Crippen molar-refractivity contribution in [1.29, 1.82) is 0 Å². The number of nitrogens with zero attached hydrogens (tertiary/aromatic N) is 4. The van der Waals surface area contributed by atoms with Crippen LogP contribution in [0.4, 0.5) is 0 Å². The van der Waals surface area contributed by atoms with Gasteiger partial charge in [-0.2, -0.15) is 0 Å². The lowest BCUT2D eigenvalue weighted by molar-refractivity contribution is -0.142. The minimum Gasteiger partial charge on any atom is -0.335 e. The molecule has 2 aliphatic heterocycles. The first-order chi connectivity index (χ1) is 12.3. The van der Waals surface area contributed by atoms with Crippen molar-refractivity contribution in [3.8, 4) is 0 Å². The first-order valence-electron chi connectivity index (χ1n) is 9.47. The third kappa shape index (κ3) is 3.61. The lowest BCUT2D eigenvalue weighted by Crippen LogP contribution is -2.61. The fourth-order valence-corrected chi connectivity index (χ4v) is 4.12. The molecule has 0 N–H and O–H groups in total. The Bertz CT molecular complexity index is 688. The Balaban J connectivity index is 1.89. The maximum Gasteiger partial charge on any atom is 0.256 e. The van der Waals surface area contributed by atoms with Gasteiger partial charge in [0.05, 0.1) is 11.6 Å². The van der Waals surface area contributed by atoms with Crippen LogP contribution < -0.4 is 0 Å². The zero-order valence-electron chi connectivity index (χ0n) is 16.5. The lowest BCUT2D eigenvalue weighted by Gasteiger charge is -2.43. The van der Waals surface area contributed by atoms with E-state index in [0.717, 1.165) is 18.5 Å². The van der Waals surface area contributed by atoms with Crippen LogP contribution in [0.5, 0.6) is 0 Å². The van der Waals surface area contributed by atoms with Crippen LogP contribution in [0.25, 0.3) is 0 Å². The highest BCUT2D eigenvalue weighted by molar-refractivity contribution is 5.98. The van der Waals surface area contributed by atoms with Crippen molar-refractivity contribution >= 4 is 11.8 Å². The van der Waals surface area contributed by atoms with Crippen molar-refractivity contribution in [1.82, 2.24) is 19.7 Å². The van der Waals surface area contributed by atoms with Crippen molar-refractivity contribution in [2.24, 2.45) is 5.92 Å². The van der Waals surface area contributed by atoms with Gasteiger partial charge in [0.15, 0.2) is 0 Å². The van der Waals surface area contributed by atoms with E-state index >= 15 is 0 Å². The Labute approximate surface area is 156 Å². The zero-order chi connectivity index (χ0) is 19.0. The Morgan fingerprint density at radius 2 is 2.04 bits per heavy atom. The molecule has 3 rings (SSSR count). The molecule has 0 aliphatic carbocycles. The highest BCUT2D eigenvalue weighted by Crippen LogP contribution is 2.31. The van der Waals surface area contributed by atoms with Gasteiger partial charge in [-0.05, 0) is 51.4 Å². The molecule has 6 nitrogen and oxygen atoms in total. The molecule has 2 aliphatic rings. The van der Waals surface area contributed by atoms with Gasteiger partial charge in [-0.25, -0.2) is 0 Å². The van der Waals surface area contributed by atoms with Gasteiger partial charge in [0.1, 0.15) is 6.04 Å². The molecule has 1 aromatic heterocycles. The standard InChI is InChI=1S/C20H30N4O2/c1-13(2)6-18-20(26)23-11-16(22(4)5)8-17(23)12-24(18)19(25)15-7-14(3)9-21-10-15/h7,9-10,13,16-18H,6,8,11-12H2,1-5H3/t16-,17-,18-/m0/s1. The average molecular weight is 358 g/mol. The Hall–Kier alpha value is -1.95. The molecule has 0 bridgehead atoms. The van der Waals surface area contributed by atoms with E-state index in [1.807, 2.05) is 17.9 Å². The van der Waals surface area contributed by atoms with Crippen LogP contribution in [0.3, 0.4) is 0 Å². The molecule has 3 atom stereocenters. The number of aryl methyl sites for hydroxylation is 1. The van der Waals surface area contributed by atoms with Crippen molar-refractivity contribution in [3.05, 3.63) is 29.6 Å². The molecular weight excluding hydrogens is 328 g/mol. The van der Waals surface area contributed by atoms with Gasteiger partial charge < -0.3 is 14.7 Å². The highest BCUT2D eigenvalue weighted by atomic mass is 16.2. The van der Waals surface area contributed by atoms with E-state index < -0.39 is 0 Å². The number of hydrogen-bond acceptors (Lipinski definition) is 4. The maximum absolute atomic E-state index is 13.2. The summed E-state index contributed by atoms with van der Waals surface area (Å²) in [6.07, 6.45) is 4.96. The summed E-state index contributed by atoms with van der Waals surface area (Å²) >= 11 is 0. The van der Waals surface area contributed by atoms with E-state index in [9.17, 15) is 9.59 Å². The zero-order valence-corrected chi connectivity index (χ0v) is 16.5. The Kier molecular flexibility index (Phi) is 5.32. The Morgan fingerprint density at radius 3 is 2.65 bits per heavy atom. The van der Waals surface area contributed by atoms with Crippen LogP contribution in [-0.2, 0) is 4.79 Å². The topological polar surface area (TPSA) is 56.8 Å². The summed E-state index contributed by atoms with van der Waals surface area (Å²) in [5.41, 5.74) is 1.52. The summed E-state index contributed by atoms with van der Waals surface area (Å²) in [6, 6.07) is 1.95. The molecule has 2 fully saturated rings. The molecule has 0 saturated carbocycles. The summed E-state index contributed by atoms with van der Waals surface area (Å²) in [4.78, 5) is 36.6. The molecular formula is C20H30N4O2. The molecule has 1 aromatic rings. The number of fused-ring (bicyclic) bond motifs is 1. The highest BCUT2D eigenvalue weighted by Gasteiger charge is 2.47. The molecule has 0 spiro atoms. The third-order valence-corrected chi connectivity index (χ3v) is 5.55. The van der Waals surface area contributed by atoms with Crippen LogP contribution in [0.1, 0.15) is 42.6 Å². The molecule has 0 unspecified atom stereocenters. The van der Waals surface area contributed by atoms with Gasteiger partial charge >= 0.3 is 0 Å². The second-order valence-corrected chi connectivity index (χ2v) is 8.35. The lowest BCUT2D eigenvalue weighted by atomic mass is 9.96. The fraction of sp³-hybridized carbons (Fsp3) is 0.650. The smallest absolute Gasteiger partial charge is 0.256 e. The van der Waals surface area contributed by atoms with Gasteiger partial charge in [-0.15, -0.1) is 0 Å². The van der Waals surface area contributed by atoms with Gasteiger partial charge in [0.25, 0.3) is 5.91 Å². The summed E-state index contributed by atoms with van der Waals surface area (Å²) < 4.78 is 0. The molecule has 142 valence electrons. The summed E-state index contributed by atoms with van der Waals surface area (Å²) in [5.74, 6) is 0.375. The number of likely N-dealkylation sites (N-methyl/N-ethyl adjacent to an activating group) is 1. The molecule has 2 saturated heterocycles. The van der Waals surface area contributed by atoms with E-state index in [1.165, 1.54) is 0 Å². The number of amides is 2. The normalized spacial score (nSPS) is 26.0. The number of piperazine rings is 1. The number of pyridine rings is 1. The van der Waals surface area contributed by atoms with Crippen molar-refractivity contribution in [2.45, 2.75) is 51.7 Å².